The number of aromatic nitrogens is 2. The molecule has 17 heavy (non-hydrogen) atoms. The lowest BCUT2D eigenvalue weighted by Gasteiger charge is -2.16. The molecule has 1 aromatic heterocycles. The molecule has 0 aliphatic carbocycles. The van der Waals surface area contributed by atoms with Crippen molar-refractivity contribution in [2.45, 2.75) is 31.8 Å². The van der Waals surface area contributed by atoms with Crippen molar-refractivity contribution in [1.29, 1.82) is 0 Å². The lowest BCUT2D eigenvalue weighted by atomic mass is 10.2. The lowest BCUT2D eigenvalue weighted by Crippen LogP contribution is -2.31. The van der Waals surface area contributed by atoms with E-state index in [9.17, 15) is 9.18 Å². The van der Waals surface area contributed by atoms with E-state index in [0.717, 1.165) is 4.57 Å². The number of halogens is 1. The van der Waals surface area contributed by atoms with Crippen LogP contribution in [0.5, 0.6) is 0 Å². The number of anilines is 1. The van der Waals surface area contributed by atoms with Gasteiger partial charge in [-0.15, -0.1) is 0 Å². The Morgan fingerprint density at radius 3 is 3.06 bits per heavy atom. The van der Waals surface area contributed by atoms with Crippen LogP contribution in [0.25, 0.3) is 0 Å². The van der Waals surface area contributed by atoms with Crippen molar-refractivity contribution >= 4 is 5.82 Å². The second-order valence-electron chi connectivity index (χ2n) is 4.08. The van der Waals surface area contributed by atoms with Crippen molar-refractivity contribution in [3.8, 4) is 0 Å². The number of hydrogen-bond donors (Lipinski definition) is 2. The molecule has 0 amide bonds. The van der Waals surface area contributed by atoms with Gasteiger partial charge in [0.1, 0.15) is 12.0 Å². The maximum atomic E-state index is 13.7. The molecule has 2 rings (SSSR count). The standard InChI is InChI=1S/C10H14FN3O3/c1-5-3-14(10(16)13-8(5)12)9-7(11)2-6(4-15)17-9/h3,6-7,9,15H,2,4H2,1H3,(H2,12,13,16)/t6-,7+,9+/m0/s1. The summed E-state index contributed by atoms with van der Waals surface area (Å²) in [6, 6.07) is 0. The molecular formula is C10H14FN3O3. The second-order valence-corrected chi connectivity index (χ2v) is 4.08. The number of aliphatic hydroxyl groups is 1. The SMILES string of the molecule is Cc1cn([C@@H]2O[C@H](CO)C[C@H]2F)c(=O)nc1N. The minimum atomic E-state index is -1.34. The Bertz CT molecular complexity index is 476. The highest BCUT2D eigenvalue weighted by Crippen LogP contribution is 2.30. The minimum Gasteiger partial charge on any atom is -0.394 e. The summed E-state index contributed by atoms with van der Waals surface area (Å²) >= 11 is 0. The number of aliphatic hydroxyl groups excluding tert-OH is 1. The first-order valence-electron chi connectivity index (χ1n) is 5.28. The number of nitrogens with two attached hydrogens (primary N) is 1. The molecule has 7 heteroatoms. The van der Waals surface area contributed by atoms with Crippen LogP contribution in [0.1, 0.15) is 18.2 Å². The van der Waals surface area contributed by atoms with Crippen molar-refractivity contribution in [2.24, 2.45) is 0 Å². The van der Waals surface area contributed by atoms with E-state index in [1.807, 2.05) is 0 Å². The van der Waals surface area contributed by atoms with E-state index in [0.29, 0.717) is 5.56 Å². The van der Waals surface area contributed by atoms with Crippen molar-refractivity contribution in [3.63, 3.8) is 0 Å². The van der Waals surface area contributed by atoms with Crippen LogP contribution in [0, 0.1) is 6.92 Å². The van der Waals surface area contributed by atoms with Crippen LogP contribution in [0.2, 0.25) is 0 Å². The van der Waals surface area contributed by atoms with Gasteiger partial charge in [0.25, 0.3) is 0 Å². The van der Waals surface area contributed by atoms with Gasteiger partial charge in [-0.05, 0) is 6.92 Å². The monoisotopic (exact) mass is 243 g/mol. The van der Waals surface area contributed by atoms with Gasteiger partial charge in [0.05, 0.1) is 12.7 Å². The molecule has 1 aliphatic rings. The number of nitrogen functional groups attached to an aromatic ring is 1. The lowest BCUT2D eigenvalue weighted by molar-refractivity contribution is -0.0394. The van der Waals surface area contributed by atoms with E-state index in [1.165, 1.54) is 6.20 Å². The zero-order chi connectivity index (χ0) is 12.6. The molecule has 3 atom stereocenters. The van der Waals surface area contributed by atoms with E-state index < -0.39 is 24.2 Å². The molecule has 0 saturated carbocycles. The molecule has 2 heterocycles. The van der Waals surface area contributed by atoms with E-state index in [1.54, 1.807) is 6.92 Å². The molecular weight excluding hydrogens is 229 g/mol. The first kappa shape index (κ1) is 12.0. The maximum Gasteiger partial charge on any atom is 0.351 e. The summed E-state index contributed by atoms with van der Waals surface area (Å²) in [7, 11) is 0. The summed E-state index contributed by atoms with van der Waals surface area (Å²) in [5, 5.41) is 8.90. The molecule has 6 nitrogen and oxygen atoms in total. The molecule has 0 bridgehead atoms. The maximum absolute atomic E-state index is 13.7. The molecule has 0 radical (unpaired) electrons. The largest absolute Gasteiger partial charge is 0.394 e. The van der Waals surface area contributed by atoms with Crippen molar-refractivity contribution in [3.05, 3.63) is 22.2 Å². The predicted molar refractivity (Wildman–Crippen MR) is 58.2 cm³/mol. The first-order chi connectivity index (χ1) is 8.02. The zero-order valence-corrected chi connectivity index (χ0v) is 9.34. The molecule has 1 aliphatic heterocycles. The fourth-order valence-electron chi connectivity index (χ4n) is 1.82. The fourth-order valence-corrected chi connectivity index (χ4v) is 1.82. The second kappa shape index (κ2) is 4.42. The molecule has 1 fully saturated rings. The zero-order valence-electron chi connectivity index (χ0n) is 9.34. The third-order valence-electron chi connectivity index (χ3n) is 2.78. The van der Waals surface area contributed by atoms with Gasteiger partial charge in [0.15, 0.2) is 6.23 Å². The van der Waals surface area contributed by atoms with Gasteiger partial charge >= 0.3 is 5.69 Å². The number of rotatable bonds is 2. The Balaban J connectivity index is 2.35. The Morgan fingerprint density at radius 1 is 1.76 bits per heavy atom. The van der Waals surface area contributed by atoms with Gasteiger partial charge in [-0.3, -0.25) is 4.57 Å². The number of nitrogens with zero attached hydrogens (tertiary/aromatic N) is 2. The number of hydrogen-bond acceptors (Lipinski definition) is 5. The Kier molecular flexibility index (Phi) is 3.12. The fraction of sp³-hybridized carbons (Fsp3) is 0.600. The van der Waals surface area contributed by atoms with Crippen molar-refractivity contribution in [2.75, 3.05) is 12.3 Å². The summed E-state index contributed by atoms with van der Waals surface area (Å²) < 4.78 is 20.0. The molecule has 0 aromatic carbocycles. The van der Waals surface area contributed by atoms with Crippen LogP contribution in [0.3, 0.4) is 0 Å². The smallest absolute Gasteiger partial charge is 0.351 e. The third kappa shape index (κ3) is 2.16. The Hall–Kier alpha value is -1.47. The summed E-state index contributed by atoms with van der Waals surface area (Å²) in [5.74, 6) is 0.123. The Labute approximate surface area is 96.8 Å². The van der Waals surface area contributed by atoms with Crippen LogP contribution in [-0.4, -0.2) is 33.5 Å². The van der Waals surface area contributed by atoms with E-state index in [4.69, 9.17) is 15.6 Å². The van der Waals surface area contributed by atoms with Crippen molar-refractivity contribution < 1.29 is 14.2 Å². The first-order valence-corrected chi connectivity index (χ1v) is 5.28. The Morgan fingerprint density at radius 2 is 2.47 bits per heavy atom. The average Bonchev–Trinajstić information content (AvgIpc) is 2.65. The minimum absolute atomic E-state index is 0.0665. The summed E-state index contributed by atoms with van der Waals surface area (Å²) in [6.07, 6.45) is -1.47. The number of ether oxygens (including phenoxy) is 1. The van der Waals surface area contributed by atoms with E-state index in [2.05, 4.69) is 4.98 Å². The molecule has 0 unspecified atom stereocenters. The van der Waals surface area contributed by atoms with Crippen molar-refractivity contribution in [1.82, 2.24) is 9.55 Å². The van der Waals surface area contributed by atoms with Gasteiger partial charge < -0.3 is 15.6 Å². The quantitative estimate of drug-likeness (QED) is 0.747. The van der Waals surface area contributed by atoms with Crippen LogP contribution in [-0.2, 0) is 4.74 Å². The normalized spacial score (nSPS) is 28.5. The molecule has 94 valence electrons. The number of aryl methyl sites for hydroxylation is 1. The van der Waals surface area contributed by atoms with Crippen LogP contribution < -0.4 is 11.4 Å². The van der Waals surface area contributed by atoms with E-state index in [-0.39, 0.29) is 18.8 Å². The summed E-state index contributed by atoms with van der Waals surface area (Å²) in [6.45, 7) is 1.40. The predicted octanol–water partition coefficient (Wildman–Crippen LogP) is -0.248. The van der Waals surface area contributed by atoms with Gasteiger partial charge in [-0.25, -0.2) is 9.18 Å². The van der Waals surface area contributed by atoms with Gasteiger partial charge in [-0.1, -0.05) is 0 Å². The van der Waals surface area contributed by atoms with Crippen LogP contribution in [0.4, 0.5) is 10.2 Å². The average molecular weight is 243 g/mol. The highest BCUT2D eigenvalue weighted by atomic mass is 19.1. The highest BCUT2D eigenvalue weighted by molar-refractivity contribution is 5.35. The van der Waals surface area contributed by atoms with E-state index >= 15 is 0 Å². The molecule has 1 saturated heterocycles. The third-order valence-corrected chi connectivity index (χ3v) is 2.78. The topological polar surface area (TPSA) is 90.4 Å². The molecule has 0 spiro atoms. The van der Waals surface area contributed by atoms with Gasteiger partial charge in [0, 0.05) is 18.2 Å². The van der Waals surface area contributed by atoms with Gasteiger partial charge in [-0.2, -0.15) is 4.98 Å². The summed E-state index contributed by atoms with van der Waals surface area (Å²) in [4.78, 5) is 15.2. The van der Waals surface area contributed by atoms with Gasteiger partial charge in [0.2, 0.25) is 0 Å². The highest BCUT2D eigenvalue weighted by Gasteiger charge is 2.37. The van der Waals surface area contributed by atoms with Crippen LogP contribution >= 0.6 is 0 Å². The molecule has 1 aromatic rings. The summed E-state index contributed by atoms with van der Waals surface area (Å²) in [5.41, 5.74) is 5.40. The van der Waals surface area contributed by atoms with Crippen LogP contribution in [0.15, 0.2) is 11.0 Å². The number of alkyl halides is 1. The molecule has 3 N–H and O–H groups in total.